The smallest absolute Gasteiger partial charge is 0.411 e. The topological polar surface area (TPSA) is 123 Å². The fraction of sp³-hybridized carbons (Fsp3) is 0.370. The molecule has 2 aromatic carbocycles. The van der Waals surface area contributed by atoms with Gasteiger partial charge in [0.15, 0.2) is 5.78 Å². The van der Waals surface area contributed by atoms with E-state index in [4.69, 9.17) is 0 Å². The number of ether oxygens (including phenoxy) is 1. The standard InChI is InChI=1S/C27H30FN5O5/c1-16-7-6-8-18(24(16)28)14-29-26(36)22-9-4-5-12-32(22)23(35)15-33-21-11-10-19(30-27(37)38-3)13-20(21)25(31-33)17(2)34/h6-8,10-11,13,22H,4-5,9,12,14-15H2,1-3H3,(H,29,36)(H,30,37)/t22-/m0/s1. The van der Waals surface area contributed by atoms with Crippen molar-refractivity contribution in [1.29, 1.82) is 0 Å². The summed E-state index contributed by atoms with van der Waals surface area (Å²) in [4.78, 5) is 51.8. The van der Waals surface area contributed by atoms with Crippen LogP contribution >= 0.6 is 0 Å². The second-order valence-electron chi connectivity index (χ2n) is 9.28. The first-order chi connectivity index (χ1) is 18.2. The van der Waals surface area contributed by atoms with Gasteiger partial charge in [0, 0.05) is 36.7 Å². The van der Waals surface area contributed by atoms with E-state index in [0.717, 1.165) is 12.8 Å². The summed E-state index contributed by atoms with van der Waals surface area (Å²) in [5, 5.41) is 10.2. The van der Waals surface area contributed by atoms with E-state index >= 15 is 0 Å². The Hall–Kier alpha value is -4.28. The highest BCUT2D eigenvalue weighted by molar-refractivity contribution is 6.06. The van der Waals surface area contributed by atoms with Crippen molar-refractivity contribution < 1.29 is 28.3 Å². The molecule has 1 fully saturated rings. The minimum atomic E-state index is -0.686. The maximum Gasteiger partial charge on any atom is 0.411 e. The third-order valence-corrected chi connectivity index (χ3v) is 6.65. The summed E-state index contributed by atoms with van der Waals surface area (Å²) in [6.07, 6.45) is 1.38. The number of nitrogens with one attached hydrogen (secondary N) is 2. The zero-order valence-corrected chi connectivity index (χ0v) is 21.5. The number of likely N-dealkylation sites (tertiary alicyclic amines) is 1. The molecule has 4 rings (SSSR count). The summed E-state index contributed by atoms with van der Waals surface area (Å²) < 4.78 is 20.4. The minimum Gasteiger partial charge on any atom is -0.453 e. The van der Waals surface area contributed by atoms with Crippen LogP contribution in [0.25, 0.3) is 10.9 Å². The number of aromatic nitrogens is 2. The molecule has 3 amide bonds. The fourth-order valence-electron chi connectivity index (χ4n) is 4.67. The highest BCUT2D eigenvalue weighted by atomic mass is 19.1. The van der Waals surface area contributed by atoms with Gasteiger partial charge in [-0.1, -0.05) is 18.2 Å². The van der Waals surface area contributed by atoms with Crippen LogP contribution in [0.4, 0.5) is 14.9 Å². The van der Waals surface area contributed by atoms with Crippen LogP contribution in [0.1, 0.15) is 47.8 Å². The maximum absolute atomic E-state index is 14.4. The molecule has 1 aromatic heterocycles. The zero-order chi connectivity index (χ0) is 27.4. The van der Waals surface area contributed by atoms with E-state index in [0.29, 0.717) is 40.7 Å². The number of methoxy groups -OCH3 is 1. The quantitative estimate of drug-likeness (QED) is 0.457. The van der Waals surface area contributed by atoms with Gasteiger partial charge in [-0.15, -0.1) is 0 Å². The Morgan fingerprint density at radius 2 is 1.95 bits per heavy atom. The van der Waals surface area contributed by atoms with Crippen molar-refractivity contribution in [2.24, 2.45) is 0 Å². The molecule has 1 atom stereocenters. The molecular formula is C27H30FN5O5. The Labute approximate surface area is 219 Å². The summed E-state index contributed by atoms with van der Waals surface area (Å²) in [5.41, 5.74) is 1.99. The third kappa shape index (κ3) is 5.66. The van der Waals surface area contributed by atoms with Crippen molar-refractivity contribution >= 4 is 40.3 Å². The number of halogens is 1. The number of carbonyl (C=O) groups excluding carboxylic acids is 4. The van der Waals surface area contributed by atoms with Gasteiger partial charge in [-0.3, -0.25) is 24.4 Å². The number of anilines is 1. The van der Waals surface area contributed by atoms with Crippen LogP contribution in [-0.4, -0.2) is 58.1 Å². The molecule has 0 saturated carbocycles. The summed E-state index contributed by atoms with van der Waals surface area (Å²) in [7, 11) is 1.24. The average molecular weight is 524 g/mol. The van der Waals surface area contributed by atoms with E-state index in [2.05, 4.69) is 20.5 Å². The SMILES string of the molecule is COC(=O)Nc1ccc2c(c1)c(C(C)=O)nn2CC(=O)N1CCCC[C@H]1C(=O)NCc1cccc(C)c1F. The second-order valence-corrected chi connectivity index (χ2v) is 9.28. The first-order valence-corrected chi connectivity index (χ1v) is 12.4. The largest absolute Gasteiger partial charge is 0.453 e. The van der Waals surface area contributed by atoms with E-state index in [9.17, 15) is 23.6 Å². The van der Waals surface area contributed by atoms with Gasteiger partial charge in [0.05, 0.1) is 12.6 Å². The number of hydrogen-bond acceptors (Lipinski definition) is 6. The molecule has 3 aromatic rings. The van der Waals surface area contributed by atoms with Gasteiger partial charge >= 0.3 is 6.09 Å². The fourth-order valence-corrected chi connectivity index (χ4v) is 4.67. The molecule has 1 aliphatic heterocycles. The van der Waals surface area contributed by atoms with E-state index < -0.39 is 12.1 Å². The van der Waals surface area contributed by atoms with Gasteiger partial charge in [-0.2, -0.15) is 5.10 Å². The number of ketones is 1. The number of fused-ring (bicyclic) bond motifs is 1. The molecule has 0 aliphatic carbocycles. The lowest BCUT2D eigenvalue weighted by atomic mass is 10.0. The predicted molar refractivity (Wildman–Crippen MR) is 138 cm³/mol. The number of nitrogens with zero attached hydrogens (tertiary/aromatic N) is 3. The molecule has 0 radical (unpaired) electrons. The average Bonchev–Trinajstić information content (AvgIpc) is 3.27. The van der Waals surface area contributed by atoms with Gasteiger partial charge in [-0.05, 0) is 49.9 Å². The number of aryl methyl sites for hydroxylation is 1. The molecule has 0 spiro atoms. The first-order valence-electron chi connectivity index (χ1n) is 12.4. The normalized spacial score (nSPS) is 15.3. The Morgan fingerprint density at radius 1 is 1.16 bits per heavy atom. The van der Waals surface area contributed by atoms with Gasteiger partial charge in [-0.25, -0.2) is 9.18 Å². The Balaban J connectivity index is 1.52. The molecule has 11 heteroatoms. The lowest BCUT2D eigenvalue weighted by Gasteiger charge is -2.34. The maximum atomic E-state index is 14.4. The number of Topliss-reactive ketones (excluding diaryl/α,β-unsaturated/α-hetero) is 1. The molecule has 1 aliphatic rings. The number of amides is 3. The summed E-state index contributed by atoms with van der Waals surface area (Å²) >= 11 is 0. The van der Waals surface area contributed by atoms with Crippen LogP contribution in [0.2, 0.25) is 0 Å². The molecule has 10 nitrogen and oxygen atoms in total. The van der Waals surface area contributed by atoms with Crippen LogP contribution in [0.5, 0.6) is 0 Å². The molecule has 0 bridgehead atoms. The molecule has 2 N–H and O–H groups in total. The zero-order valence-electron chi connectivity index (χ0n) is 21.5. The second kappa shape index (κ2) is 11.4. The van der Waals surface area contributed by atoms with Crippen LogP contribution in [-0.2, 0) is 27.4 Å². The number of carbonyl (C=O) groups is 4. The minimum absolute atomic E-state index is 0.0264. The van der Waals surface area contributed by atoms with Crippen LogP contribution in [0.15, 0.2) is 36.4 Å². The van der Waals surface area contributed by atoms with Crippen molar-refractivity contribution in [2.45, 2.75) is 52.2 Å². The monoisotopic (exact) mass is 523 g/mol. The van der Waals surface area contributed by atoms with Gasteiger partial charge in [0.2, 0.25) is 11.8 Å². The van der Waals surface area contributed by atoms with Gasteiger partial charge < -0.3 is 15.0 Å². The molecule has 38 heavy (non-hydrogen) atoms. The molecule has 200 valence electrons. The van der Waals surface area contributed by atoms with Crippen molar-refractivity contribution in [3.63, 3.8) is 0 Å². The number of benzene rings is 2. The van der Waals surface area contributed by atoms with E-state index in [1.54, 1.807) is 43.3 Å². The predicted octanol–water partition coefficient (Wildman–Crippen LogP) is 3.56. The molecule has 0 unspecified atom stereocenters. The van der Waals surface area contributed by atoms with Crippen LogP contribution in [0, 0.1) is 12.7 Å². The molecule has 1 saturated heterocycles. The van der Waals surface area contributed by atoms with E-state index in [-0.39, 0.29) is 42.2 Å². The van der Waals surface area contributed by atoms with Crippen LogP contribution < -0.4 is 10.6 Å². The van der Waals surface area contributed by atoms with Crippen LogP contribution in [0.3, 0.4) is 0 Å². The molecular weight excluding hydrogens is 493 g/mol. The first kappa shape index (κ1) is 26.8. The van der Waals surface area contributed by atoms with Crippen molar-refractivity contribution in [1.82, 2.24) is 20.0 Å². The van der Waals surface area contributed by atoms with Gasteiger partial charge in [0.1, 0.15) is 24.1 Å². The van der Waals surface area contributed by atoms with E-state index in [1.165, 1.54) is 23.6 Å². The third-order valence-electron chi connectivity index (χ3n) is 6.65. The Bertz CT molecular complexity index is 1400. The highest BCUT2D eigenvalue weighted by Crippen LogP contribution is 2.25. The number of rotatable bonds is 7. The summed E-state index contributed by atoms with van der Waals surface area (Å²) in [6, 6.07) is 9.20. The van der Waals surface area contributed by atoms with Crippen molar-refractivity contribution in [2.75, 3.05) is 19.0 Å². The summed E-state index contributed by atoms with van der Waals surface area (Å²) in [6.45, 7) is 3.29. The number of piperidine rings is 1. The highest BCUT2D eigenvalue weighted by Gasteiger charge is 2.32. The lowest BCUT2D eigenvalue weighted by molar-refractivity contribution is -0.142. The van der Waals surface area contributed by atoms with E-state index in [1.807, 2.05) is 0 Å². The Kier molecular flexibility index (Phi) is 8.04. The Morgan fingerprint density at radius 3 is 2.68 bits per heavy atom. The van der Waals surface area contributed by atoms with Crippen molar-refractivity contribution in [3.05, 3.63) is 59.0 Å². The number of hydrogen-bond donors (Lipinski definition) is 2. The van der Waals surface area contributed by atoms with Crippen molar-refractivity contribution in [3.8, 4) is 0 Å². The summed E-state index contributed by atoms with van der Waals surface area (Å²) in [5.74, 6) is -1.31. The molecule has 2 heterocycles. The lowest BCUT2D eigenvalue weighted by Crippen LogP contribution is -2.52. The van der Waals surface area contributed by atoms with Gasteiger partial charge in [0.25, 0.3) is 0 Å².